The molecule has 0 bridgehead atoms. The number of rotatable bonds is 4. The molecule has 2 rings (SSSR count). The molecule has 2 aromatic rings. The summed E-state index contributed by atoms with van der Waals surface area (Å²) in [7, 11) is 0. The van der Waals surface area contributed by atoms with Crippen LogP contribution < -0.4 is 5.32 Å². The van der Waals surface area contributed by atoms with E-state index in [9.17, 15) is 4.79 Å². The summed E-state index contributed by atoms with van der Waals surface area (Å²) in [6.45, 7) is 0.627. The first-order chi connectivity index (χ1) is 8.25. The van der Waals surface area contributed by atoms with E-state index in [1.807, 2.05) is 12.1 Å². The molecule has 86 valence electrons. The summed E-state index contributed by atoms with van der Waals surface area (Å²) in [5, 5.41) is 11.8. The van der Waals surface area contributed by atoms with Crippen molar-refractivity contribution in [3.8, 4) is 0 Å². The lowest BCUT2D eigenvalue weighted by Crippen LogP contribution is -2.03. The minimum Gasteiger partial charge on any atom is -0.477 e. The van der Waals surface area contributed by atoms with Crippen molar-refractivity contribution in [2.75, 3.05) is 5.32 Å². The third-order valence-electron chi connectivity index (χ3n) is 2.20. The second kappa shape index (κ2) is 5.07. The summed E-state index contributed by atoms with van der Waals surface area (Å²) in [5.74, 6) is -1.02. The van der Waals surface area contributed by atoms with Crippen LogP contribution in [0.25, 0.3) is 0 Å². The standard InChI is InChI=1S/C12H11N3O2/c16-12(17)11-4-3-10(8-15-11)14-7-9-2-1-5-13-6-9/h1-6,8,14H,7H2,(H,16,17). The number of aromatic carboxylic acids is 1. The predicted octanol–water partition coefficient (Wildman–Crippen LogP) is 1.79. The Hall–Kier alpha value is -2.43. The lowest BCUT2D eigenvalue weighted by atomic mass is 10.2. The molecule has 0 saturated heterocycles. The Morgan fingerprint density at radius 3 is 2.76 bits per heavy atom. The molecule has 0 aromatic carbocycles. The molecule has 0 saturated carbocycles. The van der Waals surface area contributed by atoms with Crippen molar-refractivity contribution >= 4 is 11.7 Å². The molecular weight excluding hydrogens is 218 g/mol. The Labute approximate surface area is 98.2 Å². The monoisotopic (exact) mass is 229 g/mol. The van der Waals surface area contributed by atoms with E-state index in [4.69, 9.17) is 5.11 Å². The number of anilines is 1. The minimum absolute atomic E-state index is 0.0388. The van der Waals surface area contributed by atoms with Crippen LogP contribution in [-0.4, -0.2) is 21.0 Å². The van der Waals surface area contributed by atoms with Gasteiger partial charge in [0.2, 0.25) is 0 Å². The highest BCUT2D eigenvalue weighted by molar-refractivity contribution is 5.85. The first kappa shape index (κ1) is 11.1. The number of aromatic nitrogens is 2. The topological polar surface area (TPSA) is 75.1 Å². The van der Waals surface area contributed by atoms with Gasteiger partial charge in [-0.15, -0.1) is 0 Å². The molecule has 2 aromatic heterocycles. The van der Waals surface area contributed by atoms with Crippen molar-refractivity contribution < 1.29 is 9.90 Å². The molecule has 0 atom stereocenters. The van der Waals surface area contributed by atoms with E-state index in [-0.39, 0.29) is 5.69 Å². The maximum atomic E-state index is 10.6. The molecule has 17 heavy (non-hydrogen) atoms. The van der Waals surface area contributed by atoms with Crippen LogP contribution in [0.2, 0.25) is 0 Å². The molecule has 0 aliphatic heterocycles. The Morgan fingerprint density at radius 1 is 1.29 bits per heavy atom. The van der Waals surface area contributed by atoms with E-state index in [0.717, 1.165) is 11.3 Å². The van der Waals surface area contributed by atoms with E-state index < -0.39 is 5.97 Å². The fourth-order valence-corrected chi connectivity index (χ4v) is 1.33. The van der Waals surface area contributed by atoms with Crippen LogP contribution in [0, 0.1) is 0 Å². The van der Waals surface area contributed by atoms with Crippen LogP contribution >= 0.6 is 0 Å². The fourth-order valence-electron chi connectivity index (χ4n) is 1.33. The van der Waals surface area contributed by atoms with Crippen LogP contribution in [0.1, 0.15) is 16.1 Å². The summed E-state index contributed by atoms with van der Waals surface area (Å²) >= 11 is 0. The average Bonchev–Trinajstić information content (AvgIpc) is 2.38. The number of nitrogens with zero attached hydrogens (tertiary/aromatic N) is 2. The third-order valence-corrected chi connectivity index (χ3v) is 2.20. The Bertz CT molecular complexity index is 497. The molecular formula is C12H11N3O2. The Balaban J connectivity index is 1.98. The van der Waals surface area contributed by atoms with Crippen molar-refractivity contribution in [1.82, 2.24) is 9.97 Å². The van der Waals surface area contributed by atoms with Crippen LogP contribution in [0.5, 0.6) is 0 Å². The molecule has 0 fully saturated rings. The first-order valence-corrected chi connectivity index (χ1v) is 5.08. The maximum absolute atomic E-state index is 10.6. The molecule has 2 N–H and O–H groups in total. The van der Waals surface area contributed by atoms with Gasteiger partial charge in [0.1, 0.15) is 5.69 Å². The minimum atomic E-state index is -1.02. The molecule has 0 radical (unpaired) electrons. The van der Waals surface area contributed by atoms with Crippen molar-refractivity contribution in [3.63, 3.8) is 0 Å². The van der Waals surface area contributed by atoms with Gasteiger partial charge < -0.3 is 10.4 Å². The van der Waals surface area contributed by atoms with Crippen LogP contribution in [-0.2, 0) is 6.54 Å². The SMILES string of the molecule is O=C(O)c1ccc(NCc2cccnc2)cn1. The molecule has 0 unspecified atom stereocenters. The maximum Gasteiger partial charge on any atom is 0.354 e. The van der Waals surface area contributed by atoms with Gasteiger partial charge in [-0.05, 0) is 23.8 Å². The Morgan fingerprint density at radius 2 is 2.18 bits per heavy atom. The van der Waals surface area contributed by atoms with Crippen molar-refractivity contribution in [2.24, 2.45) is 0 Å². The molecule has 0 spiro atoms. The second-order valence-electron chi connectivity index (χ2n) is 3.45. The lowest BCUT2D eigenvalue weighted by Gasteiger charge is -2.05. The smallest absolute Gasteiger partial charge is 0.354 e. The van der Waals surface area contributed by atoms with E-state index >= 15 is 0 Å². The summed E-state index contributed by atoms with van der Waals surface area (Å²) in [6.07, 6.45) is 4.98. The number of carboxylic acids is 1. The number of hydrogen-bond donors (Lipinski definition) is 2. The zero-order valence-corrected chi connectivity index (χ0v) is 9.00. The molecule has 0 amide bonds. The van der Waals surface area contributed by atoms with Gasteiger partial charge in [-0.3, -0.25) is 4.98 Å². The predicted molar refractivity (Wildman–Crippen MR) is 62.8 cm³/mol. The largest absolute Gasteiger partial charge is 0.477 e. The Kier molecular flexibility index (Phi) is 3.30. The van der Waals surface area contributed by atoms with Gasteiger partial charge in [0.15, 0.2) is 0 Å². The zero-order valence-electron chi connectivity index (χ0n) is 9.00. The fraction of sp³-hybridized carbons (Fsp3) is 0.0833. The number of pyridine rings is 2. The zero-order chi connectivity index (χ0) is 12.1. The second-order valence-corrected chi connectivity index (χ2v) is 3.45. The molecule has 5 nitrogen and oxygen atoms in total. The van der Waals surface area contributed by atoms with Gasteiger partial charge in [-0.2, -0.15) is 0 Å². The number of nitrogens with one attached hydrogen (secondary N) is 1. The highest BCUT2D eigenvalue weighted by Crippen LogP contribution is 2.08. The van der Waals surface area contributed by atoms with Gasteiger partial charge in [-0.1, -0.05) is 6.07 Å². The van der Waals surface area contributed by atoms with Crippen molar-refractivity contribution in [3.05, 3.63) is 54.1 Å². The summed E-state index contributed by atoms with van der Waals surface area (Å²) < 4.78 is 0. The van der Waals surface area contributed by atoms with Gasteiger partial charge in [0.25, 0.3) is 0 Å². The number of carbonyl (C=O) groups is 1. The lowest BCUT2D eigenvalue weighted by molar-refractivity contribution is 0.0690. The summed E-state index contributed by atoms with van der Waals surface area (Å²) in [6, 6.07) is 6.97. The molecule has 2 heterocycles. The molecule has 5 heteroatoms. The molecule has 0 aliphatic carbocycles. The van der Waals surface area contributed by atoms with Gasteiger partial charge in [0, 0.05) is 18.9 Å². The van der Waals surface area contributed by atoms with Crippen LogP contribution in [0.15, 0.2) is 42.9 Å². The van der Waals surface area contributed by atoms with E-state index in [1.165, 1.54) is 12.3 Å². The first-order valence-electron chi connectivity index (χ1n) is 5.08. The number of hydrogen-bond acceptors (Lipinski definition) is 4. The molecule has 0 aliphatic rings. The summed E-state index contributed by atoms with van der Waals surface area (Å²) in [5.41, 5.74) is 1.87. The van der Waals surface area contributed by atoms with Crippen molar-refractivity contribution in [1.29, 1.82) is 0 Å². The van der Waals surface area contributed by atoms with Crippen molar-refractivity contribution in [2.45, 2.75) is 6.54 Å². The van der Waals surface area contributed by atoms with Crippen LogP contribution in [0.3, 0.4) is 0 Å². The average molecular weight is 229 g/mol. The highest BCUT2D eigenvalue weighted by atomic mass is 16.4. The van der Waals surface area contributed by atoms with Gasteiger partial charge in [0.05, 0.1) is 11.9 Å². The van der Waals surface area contributed by atoms with E-state index in [2.05, 4.69) is 15.3 Å². The van der Waals surface area contributed by atoms with Crippen LogP contribution in [0.4, 0.5) is 5.69 Å². The number of carboxylic acid groups (broad SMARTS) is 1. The third kappa shape index (κ3) is 3.01. The summed E-state index contributed by atoms with van der Waals surface area (Å²) in [4.78, 5) is 18.4. The van der Waals surface area contributed by atoms with E-state index in [1.54, 1.807) is 18.5 Å². The highest BCUT2D eigenvalue weighted by Gasteiger charge is 2.03. The van der Waals surface area contributed by atoms with Gasteiger partial charge >= 0.3 is 5.97 Å². The normalized spacial score (nSPS) is 9.88. The quantitative estimate of drug-likeness (QED) is 0.835. The van der Waals surface area contributed by atoms with E-state index in [0.29, 0.717) is 6.54 Å². The van der Waals surface area contributed by atoms with Gasteiger partial charge in [-0.25, -0.2) is 9.78 Å².